The summed E-state index contributed by atoms with van der Waals surface area (Å²) in [5.74, 6) is -0.794. The summed E-state index contributed by atoms with van der Waals surface area (Å²) in [6, 6.07) is 12.6. The minimum Gasteiger partial charge on any atom is -0.451 e. The summed E-state index contributed by atoms with van der Waals surface area (Å²) in [6.07, 6.45) is 1.63. The molecule has 0 unspecified atom stereocenters. The molecule has 4 rings (SSSR count). The largest absolute Gasteiger partial charge is 0.451 e. The average molecular weight is 334 g/mol. The number of fused-ring (bicyclic) bond motifs is 2. The Hall–Kier alpha value is -3.61. The van der Waals surface area contributed by atoms with Crippen LogP contribution in [0.3, 0.4) is 0 Å². The molecule has 2 amide bonds. The lowest BCUT2D eigenvalue weighted by molar-refractivity contribution is 0.0832. The van der Waals surface area contributed by atoms with Gasteiger partial charge in [0.2, 0.25) is 0 Å². The van der Waals surface area contributed by atoms with Gasteiger partial charge in [-0.1, -0.05) is 30.3 Å². The van der Waals surface area contributed by atoms with Crippen molar-refractivity contribution in [1.29, 1.82) is 0 Å². The van der Waals surface area contributed by atoms with Crippen molar-refractivity contribution < 1.29 is 14.0 Å². The number of hydrogen-bond acceptors (Lipinski definition) is 4. The number of carbonyl (C=O) groups is 2. The second-order valence-corrected chi connectivity index (χ2v) is 5.60. The van der Waals surface area contributed by atoms with Gasteiger partial charge in [0.05, 0.1) is 17.3 Å². The monoisotopic (exact) mass is 334 g/mol. The van der Waals surface area contributed by atoms with E-state index >= 15 is 0 Å². The molecule has 0 aliphatic rings. The van der Waals surface area contributed by atoms with E-state index in [9.17, 15) is 9.59 Å². The van der Waals surface area contributed by atoms with E-state index < -0.39 is 11.8 Å². The van der Waals surface area contributed by atoms with Gasteiger partial charge in [-0.05, 0) is 19.1 Å². The van der Waals surface area contributed by atoms with E-state index in [1.807, 2.05) is 24.3 Å². The maximum Gasteiger partial charge on any atom is 0.305 e. The van der Waals surface area contributed by atoms with Gasteiger partial charge in [0.25, 0.3) is 5.91 Å². The first-order valence-electron chi connectivity index (χ1n) is 7.66. The number of benzene rings is 2. The summed E-state index contributed by atoms with van der Waals surface area (Å²) in [5, 5.41) is 8.36. The summed E-state index contributed by atoms with van der Waals surface area (Å²) >= 11 is 0. The maximum absolute atomic E-state index is 12.3. The van der Waals surface area contributed by atoms with Crippen molar-refractivity contribution in [1.82, 2.24) is 21.0 Å². The number of aryl methyl sites for hydroxylation is 1. The highest BCUT2D eigenvalue weighted by molar-refractivity contribution is 6.06. The summed E-state index contributed by atoms with van der Waals surface area (Å²) in [4.78, 5) is 24.7. The highest BCUT2D eigenvalue weighted by Gasteiger charge is 2.18. The molecule has 2 aromatic carbocycles. The molecule has 25 heavy (non-hydrogen) atoms. The molecular weight excluding hydrogens is 320 g/mol. The minimum atomic E-state index is -0.515. The number of furan rings is 1. The molecule has 0 atom stereocenters. The predicted octanol–water partition coefficient (Wildman–Crippen LogP) is 2.69. The zero-order valence-electron chi connectivity index (χ0n) is 13.3. The average Bonchev–Trinajstić information content (AvgIpc) is 3.24. The summed E-state index contributed by atoms with van der Waals surface area (Å²) in [6.45, 7) is 1.80. The molecule has 0 spiro atoms. The lowest BCUT2D eigenvalue weighted by Gasteiger charge is -2.07. The summed E-state index contributed by atoms with van der Waals surface area (Å²) < 4.78 is 5.58. The van der Waals surface area contributed by atoms with E-state index in [1.165, 1.54) is 0 Å². The van der Waals surface area contributed by atoms with Crippen molar-refractivity contribution in [2.24, 2.45) is 0 Å². The lowest BCUT2D eigenvalue weighted by Crippen LogP contribution is -2.41. The normalized spacial score (nSPS) is 10.9. The number of aromatic amines is 1. The van der Waals surface area contributed by atoms with Crippen LogP contribution in [0.15, 0.2) is 53.1 Å². The van der Waals surface area contributed by atoms with Crippen molar-refractivity contribution in [3.8, 4) is 0 Å². The van der Waals surface area contributed by atoms with Crippen molar-refractivity contribution in [3.63, 3.8) is 0 Å². The Bertz CT molecular complexity index is 1110. The van der Waals surface area contributed by atoms with E-state index in [2.05, 4.69) is 21.0 Å². The quantitative estimate of drug-likeness (QED) is 0.491. The Labute approximate surface area is 142 Å². The van der Waals surface area contributed by atoms with Crippen LogP contribution < -0.4 is 10.9 Å². The van der Waals surface area contributed by atoms with Crippen LogP contribution >= 0.6 is 0 Å². The number of nitrogens with one attached hydrogen (secondary N) is 3. The van der Waals surface area contributed by atoms with Gasteiger partial charge in [0.1, 0.15) is 5.58 Å². The molecule has 7 nitrogen and oxygen atoms in total. The summed E-state index contributed by atoms with van der Waals surface area (Å²) in [7, 11) is 0. The third kappa shape index (κ3) is 2.51. The number of nitrogens with zero attached hydrogens (tertiary/aromatic N) is 1. The van der Waals surface area contributed by atoms with Gasteiger partial charge in [-0.25, -0.2) is 0 Å². The Morgan fingerprint density at radius 2 is 1.84 bits per heavy atom. The van der Waals surface area contributed by atoms with Crippen LogP contribution in [-0.2, 0) is 0 Å². The Morgan fingerprint density at radius 1 is 1.04 bits per heavy atom. The maximum atomic E-state index is 12.3. The van der Waals surface area contributed by atoms with Gasteiger partial charge in [0, 0.05) is 16.3 Å². The van der Waals surface area contributed by atoms with Crippen LogP contribution in [0.2, 0.25) is 0 Å². The second kappa shape index (κ2) is 5.79. The number of H-pyrrole nitrogens is 1. The van der Waals surface area contributed by atoms with Crippen LogP contribution in [0.5, 0.6) is 0 Å². The number of carbonyl (C=O) groups excluding carboxylic acids is 2. The topological polar surface area (TPSA) is 100 Å². The summed E-state index contributed by atoms with van der Waals surface area (Å²) in [5.41, 5.74) is 7.13. The molecule has 0 bridgehead atoms. The van der Waals surface area contributed by atoms with Gasteiger partial charge < -0.3 is 4.42 Å². The number of hydrazine groups is 1. The molecule has 2 aromatic heterocycles. The number of para-hydroxylation sites is 2. The molecule has 2 heterocycles. The van der Waals surface area contributed by atoms with Crippen LogP contribution in [0, 0.1) is 6.92 Å². The van der Waals surface area contributed by atoms with E-state index in [1.54, 1.807) is 31.3 Å². The van der Waals surface area contributed by atoms with Gasteiger partial charge in [-0.3, -0.25) is 25.5 Å². The van der Waals surface area contributed by atoms with Gasteiger partial charge in [-0.2, -0.15) is 5.10 Å². The highest BCUT2D eigenvalue weighted by Crippen LogP contribution is 2.24. The molecular formula is C18H14N4O3. The first-order valence-corrected chi connectivity index (χ1v) is 7.66. The Kier molecular flexibility index (Phi) is 3.46. The van der Waals surface area contributed by atoms with Crippen LogP contribution in [0.4, 0.5) is 0 Å². The van der Waals surface area contributed by atoms with Crippen LogP contribution in [0.1, 0.15) is 26.5 Å². The van der Waals surface area contributed by atoms with Crippen molar-refractivity contribution >= 4 is 33.7 Å². The zero-order chi connectivity index (χ0) is 17.4. The van der Waals surface area contributed by atoms with Crippen molar-refractivity contribution in [3.05, 3.63) is 65.5 Å². The first-order chi connectivity index (χ1) is 12.1. The van der Waals surface area contributed by atoms with E-state index in [0.29, 0.717) is 16.7 Å². The molecule has 0 saturated heterocycles. The molecule has 7 heteroatoms. The fourth-order valence-corrected chi connectivity index (χ4v) is 2.79. The molecule has 0 aliphatic carbocycles. The standard InChI is InChI=1S/C18H14N4O3/c1-10-12-6-2-3-8-14(12)25-16(10)18(24)22-21-17(23)13-7-4-5-11-9-19-20-15(11)13/h2-9H,1H3,(H,19,20)(H,21,23)(H,22,24). The van der Waals surface area contributed by atoms with Gasteiger partial charge in [0.15, 0.2) is 5.76 Å². The number of hydrogen-bond donors (Lipinski definition) is 3. The number of aromatic nitrogens is 2. The lowest BCUT2D eigenvalue weighted by atomic mass is 10.1. The smallest absolute Gasteiger partial charge is 0.305 e. The molecule has 3 N–H and O–H groups in total. The van der Waals surface area contributed by atoms with Gasteiger partial charge >= 0.3 is 5.91 Å². The third-order valence-corrected chi connectivity index (χ3v) is 4.06. The van der Waals surface area contributed by atoms with E-state index in [-0.39, 0.29) is 5.76 Å². The molecule has 0 radical (unpaired) electrons. The fourth-order valence-electron chi connectivity index (χ4n) is 2.79. The van der Waals surface area contributed by atoms with Crippen LogP contribution in [-0.4, -0.2) is 22.0 Å². The fraction of sp³-hybridized carbons (Fsp3) is 0.0556. The van der Waals surface area contributed by atoms with Crippen LogP contribution in [0.25, 0.3) is 21.9 Å². The molecule has 0 aliphatic heterocycles. The van der Waals surface area contributed by atoms with Crippen molar-refractivity contribution in [2.75, 3.05) is 0 Å². The zero-order valence-corrected chi connectivity index (χ0v) is 13.3. The van der Waals surface area contributed by atoms with E-state index in [4.69, 9.17) is 4.42 Å². The predicted molar refractivity (Wildman–Crippen MR) is 92.0 cm³/mol. The second-order valence-electron chi connectivity index (χ2n) is 5.60. The number of amides is 2. The molecule has 0 saturated carbocycles. The van der Waals surface area contributed by atoms with E-state index in [0.717, 1.165) is 16.3 Å². The Balaban J connectivity index is 1.54. The molecule has 0 fully saturated rings. The third-order valence-electron chi connectivity index (χ3n) is 4.06. The Morgan fingerprint density at radius 3 is 2.68 bits per heavy atom. The first kappa shape index (κ1) is 14.9. The SMILES string of the molecule is Cc1c(C(=O)NNC(=O)c2cccc3cn[nH]c23)oc2ccccc12. The number of rotatable bonds is 2. The highest BCUT2D eigenvalue weighted by atomic mass is 16.3. The van der Waals surface area contributed by atoms with Gasteiger partial charge in [-0.15, -0.1) is 0 Å². The van der Waals surface area contributed by atoms with Crippen molar-refractivity contribution in [2.45, 2.75) is 6.92 Å². The molecule has 4 aromatic rings. The minimum absolute atomic E-state index is 0.168. The molecule has 124 valence electrons.